The minimum atomic E-state index is -0.227. The molecule has 0 saturated heterocycles. The molecule has 3 aromatic rings. The zero-order valence-electron chi connectivity index (χ0n) is 19.0. The summed E-state index contributed by atoms with van der Waals surface area (Å²) in [5.41, 5.74) is 0. The van der Waals surface area contributed by atoms with Crippen molar-refractivity contribution < 1.29 is 19.1 Å². The van der Waals surface area contributed by atoms with Crippen LogP contribution in [0.1, 0.15) is 25.7 Å². The monoisotopic (exact) mass is 569 g/mol. The molecule has 0 saturated carbocycles. The Balaban J connectivity index is 1.36. The third kappa shape index (κ3) is 9.39. The van der Waals surface area contributed by atoms with E-state index in [0.29, 0.717) is 69.3 Å². The molecule has 0 unspecified atom stereocenters. The van der Waals surface area contributed by atoms with E-state index >= 15 is 0 Å². The fourth-order valence-electron chi connectivity index (χ4n) is 3.00. The van der Waals surface area contributed by atoms with E-state index in [1.807, 2.05) is 0 Å². The molecule has 0 atom stereocenters. The maximum absolute atomic E-state index is 12.2. The van der Waals surface area contributed by atoms with Crippen LogP contribution in [0.3, 0.4) is 0 Å². The summed E-state index contributed by atoms with van der Waals surface area (Å²) in [5, 5.41) is 7.28. The van der Waals surface area contributed by atoms with E-state index in [-0.39, 0.29) is 24.7 Å². The number of rotatable bonds is 12. The van der Waals surface area contributed by atoms with E-state index < -0.39 is 0 Å². The molecule has 0 aliphatic heterocycles. The number of anilines is 2. The van der Waals surface area contributed by atoms with Gasteiger partial charge < -0.3 is 20.1 Å². The molecule has 0 radical (unpaired) electrons. The first-order chi connectivity index (χ1) is 17.3. The summed E-state index contributed by atoms with van der Waals surface area (Å²) in [6.07, 6.45) is 1.40. The van der Waals surface area contributed by atoms with Gasteiger partial charge in [-0.05, 0) is 61.4 Å². The maximum Gasteiger partial charge on any atom is 0.225 e. The van der Waals surface area contributed by atoms with Gasteiger partial charge in [0.25, 0.3) is 0 Å². The Kier molecular flexibility index (Phi) is 10.9. The number of hydrogen-bond donors (Lipinski definition) is 2. The van der Waals surface area contributed by atoms with Crippen molar-refractivity contribution in [1.82, 2.24) is 4.98 Å². The lowest BCUT2D eigenvalue weighted by Crippen LogP contribution is -2.16. The van der Waals surface area contributed by atoms with Gasteiger partial charge in [0.05, 0.1) is 23.3 Å². The molecule has 190 valence electrons. The number of carbonyl (C=O) groups is 2. The second kappa shape index (κ2) is 14.1. The van der Waals surface area contributed by atoms with Crippen LogP contribution in [0.15, 0.2) is 54.6 Å². The molecule has 0 aliphatic carbocycles. The van der Waals surface area contributed by atoms with Crippen LogP contribution < -0.4 is 20.1 Å². The number of nitrogens with zero attached hydrogens (tertiary/aromatic N) is 1. The normalized spacial score (nSPS) is 10.6. The summed E-state index contributed by atoms with van der Waals surface area (Å²) < 4.78 is 11.2. The zero-order valence-corrected chi connectivity index (χ0v) is 22.1. The van der Waals surface area contributed by atoms with E-state index in [2.05, 4.69) is 15.6 Å². The highest BCUT2D eigenvalue weighted by molar-refractivity contribution is 6.36. The Hall–Kier alpha value is -2.71. The molecule has 1 aromatic heterocycles. The summed E-state index contributed by atoms with van der Waals surface area (Å²) in [6, 6.07) is 14.9. The van der Waals surface area contributed by atoms with Crippen LogP contribution in [0.4, 0.5) is 11.6 Å². The van der Waals surface area contributed by atoms with E-state index in [1.54, 1.807) is 54.6 Å². The molecule has 7 nitrogen and oxygen atoms in total. The topological polar surface area (TPSA) is 89.6 Å². The number of aromatic nitrogens is 1. The van der Waals surface area contributed by atoms with Gasteiger partial charge in [-0.15, -0.1) is 0 Å². The van der Waals surface area contributed by atoms with E-state index in [4.69, 9.17) is 55.9 Å². The van der Waals surface area contributed by atoms with Gasteiger partial charge >= 0.3 is 0 Å². The van der Waals surface area contributed by atoms with Crippen molar-refractivity contribution in [3.63, 3.8) is 0 Å². The highest BCUT2D eigenvalue weighted by Crippen LogP contribution is 2.28. The van der Waals surface area contributed by atoms with Crippen molar-refractivity contribution in [3.8, 4) is 11.5 Å². The molecule has 2 N–H and O–H groups in total. The van der Waals surface area contributed by atoms with Crippen LogP contribution in [0.25, 0.3) is 0 Å². The summed E-state index contributed by atoms with van der Waals surface area (Å²) in [7, 11) is 0. The fourth-order valence-corrected chi connectivity index (χ4v) is 3.92. The Bertz CT molecular complexity index is 1120. The summed E-state index contributed by atoms with van der Waals surface area (Å²) >= 11 is 23.8. The average Bonchev–Trinajstić information content (AvgIpc) is 2.82. The molecular formula is C25H23Cl4N3O4. The van der Waals surface area contributed by atoms with Crippen molar-refractivity contribution in [2.75, 3.05) is 23.8 Å². The molecule has 0 bridgehead atoms. The van der Waals surface area contributed by atoms with Crippen molar-refractivity contribution >= 4 is 69.9 Å². The van der Waals surface area contributed by atoms with Crippen LogP contribution in [-0.4, -0.2) is 30.0 Å². The summed E-state index contributed by atoms with van der Waals surface area (Å²) in [4.78, 5) is 28.7. The highest BCUT2D eigenvalue weighted by Gasteiger charge is 2.09. The number of amides is 2. The predicted octanol–water partition coefficient (Wildman–Crippen LogP) is 7.29. The third-order valence-electron chi connectivity index (χ3n) is 4.68. The minimum Gasteiger partial charge on any atom is -0.492 e. The van der Waals surface area contributed by atoms with E-state index in [1.165, 1.54) is 0 Å². The molecule has 3 rings (SSSR count). The van der Waals surface area contributed by atoms with Gasteiger partial charge in [-0.1, -0.05) is 52.5 Å². The second-order valence-corrected chi connectivity index (χ2v) is 9.25. The van der Waals surface area contributed by atoms with Crippen molar-refractivity contribution in [3.05, 3.63) is 74.7 Å². The SMILES string of the molecule is O=C(CCCOc1ccc(Cl)cc1Cl)Nc1cccc(NC(=O)CCCOc2ccc(Cl)cc2Cl)n1. The molecule has 11 heteroatoms. The Labute approximate surface area is 229 Å². The highest BCUT2D eigenvalue weighted by atomic mass is 35.5. The first-order valence-corrected chi connectivity index (χ1v) is 12.5. The summed E-state index contributed by atoms with van der Waals surface area (Å²) in [6.45, 7) is 0.623. The number of nitrogens with one attached hydrogen (secondary N) is 2. The van der Waals surface area contributed by atoms with Gasteiger partial charge in [-0.25, -0.2) is 4.98 Å². The number of ether oxygens (including phenoxy) is 2. The number of halogens is 4. The average molecular weight is 571 g/mol. The Morgan fingerprint density at radius 2 is 1.14 bits per heavy atom. The molecule has 1 heterocycles. The van der Waals surface area contributed by atoms with Crippen LogP contribution in [-0.2, 0) is 9.59 Å². The fraction of sp³-hybridized carbons (Fsp3) is 0.240. The predicted molar refractivity (Wildman–Crippen MR) is 144 cm³/mol. The van der Waals surface area contributed by atoms with Gasteiger partial charge in [0, 0.05) is 22.9 Å². The first kappa shape index (κ1) is 27.9. The van der Waals surface area contributed by atoms with Gasteiger partial charge in [-0.2, -0.15) is 0 Å². The molecule has 36 heavy (non-hydrogen) atoms. The lowest BCUT2D eigenvalue weighted by molar-refractivity contribution is -0.117. The standard InChI is InChI=1S/C25H23Cl4N3O4/c26-16-8-10-20(18(28)14-16)35-12-2-6-24(33)31-22-4-1-5-23(30-22)32-25(34)7-3-13-36-21-11-9-17(27)15-19(21)29/h1,4-5,8-11,14-15H,2-3,6-7,12-13H2,(H2,30,31,32,33,34). The first-order valence-electron chi connectivity index (χ1n) is 11.0. The quantitative estimate of drug-likeness (QED) is 0.223. The Morgan fingerprint density at radius 1 is 0.694 bits per heavy atom. The van der Waals surface area contributed by atoms with Crippen molar-refractivity contribution in [2.45, 2.75) is 25.7 Å². The number of benzene rings is 2. The van der Waals surface area contributed by atoms with Crippen molar-refractivity contribution in [2.24, 2.45) is 0 Å². The van der Waals surface area contributed by atoms with Gasteiger partial charge in [0.2, 0.25) is 11.8 Å². The van der Waals surface area contributed by atoms with Crippen LogP contribution in [0.5, 0.6) is 11.5 Å². The molecular weight excluding hydrogens is 548 g/mol. The van der Waals surface area contributed by atoms with Gasteiger partial charge in [-0.3, -0.25) is 9.59 Å². The molecule has 0 aliphatic rings. The lowest BCUT2D eigenvalue weighted by atomic mass is 10.3. The zero-order chi connectivity index (χ0) is 25.9. The largest absolute Gasteiger partial charge is 0.492 e. The van der Waals surface area contributed by atoms with Crippen LogP contribution in [0.2, 0.25) is 20.1 Å². The third-order valence-corrected chi connectivity index (χ3v) is 5.74. The van der Waals surface area contributed by atoms with Crippen molar-refractivity contribution in [1.29, 1.82) is 0 Å². The summed E-state index contributed by atoms with van der Waals surface area (Å²) in [5.74, 6) is 1.23. The lowest BCUT2D eigenvalue weighted by Gasteiger charge is -2.10. The minimum absolute atomic E-state index is 0.223. The molecule has 0 fully saturated rings. The number of hydrogen-bond acceptors (Lipinski definition) is 5. The van der Waals surface area contributed by atoms with E-state index in [0.717, 1.165) is 0 Å². The van der Waals surface area contributed by atoms with E-state index in [9.17, 15) is 9.59 Å². The number of pyridine rings is 1. The van der Waals surface area contributed by atoms with Gasteiger partial charge in [0.15, 0.2) is 0 Å². The smallest absolute Gasteiger partial charge is 0.225 e. The van der Waals surface area contributed by atoms with Crippen LogP contribution in [0, 0.1) is 0 Å². The van der Waals surface area contributed by atoms with Gasteiger partial charge in [0.1, 0.15) is 23.1 Å². The molecule has 0 spiro atoms. The molecule has 2 amide bonds. The maximum atomic E-state index is 12.2. The number of carbonyl (C=O) groups excluding carboxylic acids is 2. The van der Waals surface area contributed by atoms with Crippen LogP contribution >= 0.6 is 46.4 Å². The second-order valence-electron chi connectivity index (χ2n) is 7.56. The Morgan fingerprint density at radius 3 is 1.56 bits per heavy atom. The molecule has 2 aromatic carbocycles.